The number of hydrogen-bond donors (Lipinski definition) is 1. The van der Waals surface area contributed by atoms with Gasteiger partial charge in [-0.2, -0.15) is 0 Å². The Hall–Kier alpha value is -2.36. The first-order valence-electron chi connectivity index (χ1n) is 5.28. The molecule has 1 N–H and O–H groups in total. The van der Waals surface area contributed by atoms with Gasteiger partial charge in [-0.25, -0.2) is 9.78 Å². The van der Waals surface area contributed by atoms with Crippen LogP contribution < -0.4 is 10.2 Å². The number of nitrogens with zero attached hydrogens (tertiary/aromatic N) is 2. The maximum Gasteiger partial charge on any atom is 0.327 e. The molecule has 1 aromatic heterocycles. The highest BCUT2D eigenvalue weighted by Crippen LogP contribution is 2.10. The molecule has 17 heavy (non-hydrogen) atoms. The summed E-state index contributed by atoms with van der Waals surface area (Å²) in [5.41, 5.74) is 0.764. The van der Waals surface area contributed by atoms with E-state index >= 15 is 0 Å². The fourth-order valence-corrected chi connectivity index (χ4v) is 1.39. The van der Waals surface area contributed by atoms with Gasteiger partial charge in [0.1, 0.15) is 5.82 Å². The summed E-state index contributed by atoms with van der Waals surface area (Å²) in [7, 11) is 1.68. The van der Waals surface area contributed by atoms with Gasteiger partial charge < -0.3 is 5.32 Å². The highest BCUT2D eigenvalue weighted by molar-refractivity contribution is 6.00. The van der Waals surface area contributed by atoms with E-state index in [0.29, 0.717) is 5.82 Å². The molecule has 0 aliphatic rings. The second-order valence-corrected chi connectivity index (χ2v) is 3.54. The monoisotopic (exact) mass is 227 g/mol. The third kappa shape index (κ3) is 2.81. The van der Waals surface area contributed by atoms with E-state index in [1.54, 1.807) is 19.3 Å². The average molecular weight is 227 g/mol. The topological polar surface area (TPSA) is 45.2 Å². The zero-order valence-corrected chi connectivity index (χ0v) is 9.50. The lowest BCUT2D eigenvalue weighted by Crippen LogP contribution is -2.31. The lowest BCUT2D eigenvalue weighted by Gasteiger charge is -2.16. The molecule has 2 amide bonds. The van der Waals surface area contributed by atoms with Crippen LogP contribution in [0.4, 0.5) is 16.3 Å². The van der Waals surface area contributed by atoms with Crippen LogP contribution in [0, 0.1) is 0 Å². The van der Waals surface area contributed by atoms with Gasteiger partial charge in [-0.3, -0.25) is 4.90 Å². The summed E-state index contributed by atoms with van der Waals surface area (Å²) in [6.07, 6.45) is 1.65. The number of urea groups is 1. The molecule has 0 spiro atoms. The highest BCUT2D eigenvalue weighted by atomic mass is 16.2. The molecule has 0 fully saturated rings. The molecule has 4 nitrogen and oxygen atoms in total. The summed E-state index contributed by atoms with van der Waals surface area (Å²) in [6, 6.07) is 14.5. The van der Waals surface area contributed by atoms with Crippen LogP contribution in [0.3, 0.4) is 0 Å². The molecule has 0 saturated carbocycles. The number of nitrogens with one attached hydrogen (secondary N) is 1. The average Bonchev–Trinajstić information content (AvgIpc) is 2.40. The van der Waals surface area contributed by atoms with Crippen molar-refractivity contribution in [2.75, 3.05) is 17.3 Å². The van der Waals surface area contributed by atoms with E-state index in [2.05, 4.69) is 10.3 Å². The van der Waals surface area contributed by atoms with Gasteiger partial charge in [-0.15, -0.1) is 0 Å². The second kappa shape index (κ2) is 5.12. The number of pyridine rings is 1. The number of para-hydroxylation sites is 1. The molecule has 0 radical (unpaired) electrons. The number of aromatic nitrogens is 1. The van der Waals surface area contributed by atoms with Gasteiger partial charge in [0.2, 0.25) is 0 Å². The maximum absolute atomic E-state index is 11.9. The number of carbonyl (C=O) groups is 1. The molecule has 1 aromatic carbocycles. The minimum atomic E-state index is -0.213. The van der Waals surface area contributed by atoms with Gasteiger partial charge in [0.05, 0.1) is 0 Å². The standard InChI is InChI=1S/C13H13N3O/c1-16(12-9-5-6-10-14-12)13(17)15-11-7-3-2-4-8-11/h2-10H,1H3,(H,15,17). The highest BCUT2D eigenvalue weighted by Gasteiger charge is 2.10. The predicted molar refractivity (Wildman–Crippen MR) is 68.1 cm³/mol. The molecule has 0 aliphatic heterocycles. The Kier molecular flexibility index (Phi) is 3.35. The van der Waals surface area contributed by atoms with E-state index in [4.69, 9.17) is 0 Å². The molecular weight excluding hydrogens is 214 g/mol. The van der Waals surface area contributed by atoms with Crippen molar-refractivity contribution in [1.82, 2.24) is 4.98 Å². The van der Waals surface area contributed by atoms with Gasteiger partial charge >= 0.3 is 6.03 Å². The van der Waals surface area contributed by atoms with E-state index in [9.17, 15) is 4.79 Å². The van der Waals surface area contributed by atoms with Gasteiger partial charge in [0.25, 0.3) is 0 Å². The van der Waals surface area contributed by atoms with E-state index in [0.717, 1.165) is 5.69 Å². The van der Waals surface area contributed by atoms with Gasteiger partial charge in [0, 0.05) is 18.9 Å². The van der Waals surface area contributed by atoms with E-state index in [1.165, 1.54) is 4.90 Å². The SMILES string of the molecule is CN(C(=O)Nc1ccccc1)c1ccccn1. The van der Waals surface area contributed by atoms with Gasteiger partial charge in [-0.05, 0) is 24.3 Å². The van der Waals surface area contributed by atoms with Crippen LogP contribution in [0.2, 0.25) is 0 Å². The molecule has 2 aromatic rings. The van der Waals surface area contributed by atoms with Crippen molar-refractivity contribution in [3.8, 4) is 0 Å². The Morgan fingerprint density at radius 2 is 1.82 bits per heavy atom. The summed E-state index contributed by atoms with van der Waals surface area (Å²) in [6.45, 7) is 0. The summed E-state index contributed by atoms with van der Waals surface area (Å²) in [4.78, 5) is 17.5. The van der Waals surface area contributed by atoms with E-state index < -0.39 is 0 Å². The van der Waals surface area contributed by atoms with Crippen LogP contribution in [0.15, 0.2) is 54.7 Å². The second-order valence-electron chi connectivity index (χ2n) is 3.54. The molecule has 86 valence electrons. The van der Waals surface area contributed by atoms with Crippen LogP contribution in [-0.4, -0.2) is 18.1 Å². The third-order valence-corrected chi connectivity index (χ3v) is 2.32. The Morgan fingerprint density at radius 3 is 2.47 bits per heavy atom. The largest absolute Gasteiger partial charge is 0.327 e. The first-order chi connectivity index (χ1) is 8.27. The Labute approximate surface area is 99.9 Å². The molecule has 0 bridgehead atoms. The molecule has 2 rings (SSSR count). The van der Waals surface area contributed by atoms with Crippen molar-refractivity contribution in [3.63, 3.8) is 0 Å². The Morgan fingerprint density at radius 1 is 1.12 bits per heavy atom. The number of amides is 2. The normalized spacial score (nSPS) is 9.71. The van der Waals surface area contributed by atoms with Crippen LogP contribution in [-0.2, 0) is 0 Å². The lowest BCUT2D eigenvalue weighted by molar-refractivity contribution is 0.258. The van der Waals surface area contributed by atoms with Crippen molar-refractivity contribution >= 4 is 17.5 Å². The molecule has 0 aliphatic carbocycles. The number of hydrogen-bond acceptors (Lipinski definition) is 2. The number of rotatable bonds is 2. The van der Waals surface area contributed by atoms with Crippen molar-refractivity contribution in [2.24, 2.45) is 0 Å². The molecule has 0 unspecified atom stereocenters. The number of benzene rings is 1. The van der Waals surface area contributed by atoms with Crippen molar-refractivity contribution in [3.05, 3.63) is 54.7 Å². The summed E-state index contributed by atoms with van der Waals surface area (Å²) in [5.74, 6) is 0.612. The minimum absolute atomic E-state index is 0.213. The Bertz CT molecular complexity index is 485. The summed E-state index contributed by atoms with van der Waals surface area (Å²) in [5, 5.41) is 2.79. The quantitative estimate of drug-likeness (QED) is 0.857. The molecule has 0 atom stereocenters. The van der Waals surface area contributed by atoms with Crippen molar-refractivity contribution < 1.29 is 4.79 Å². The van der Waals surface area contributed by atoms with Crippen LogP contribution in [0.25, 0.3) is 0 Å². The fraction of sp³-hybridized carbons (Fsp3) is 0.0769. The minimum Gasteiger partial charge on any atom is -0.308 e. The predicted octanol–water partition coefficient (Wildman–Crippen LogP) is 2.75. The summed E-state index contributed by atoms with van der Waals surface area (Å²) >= 11 is 0. The zero-order chi connectivity index (χ0) is 12.1. The van der Waals surface area contributed by atoms with E-state index in [-0.39, 0.29) is 6.03 Å². The number of carbonyl (C=O) groups excluding carboxylic acids is 1. The first kappa shape index (κ1) is 11.1. The Balaban J connectivity index is 2.06. The maximum atomic E-state index is 11.9. The zero-order valence-electron chi connectivity index (χ0n) is 9.50. The molecule has 4 heteroatoms. The van der Waals surface area contributed by atoms with Crippen molar-refractivity contribution in [2.45, 2.75) is 0 Å². The molecular formula is C13H13N3O. The molecule has 1 heterocycles. The van der Waals surface area contributed by atoms with Gasteiger partial charge in [-0.1, -0.05) is 24.3 Å². The van der Waals surface area contributed by atoms with Crippen LogP contribution in [0.5, 0.6) is 0 Å². The number of anilines is 2. The van der Waals surface area contributed by atoms with E-state index in [1.807, 2.05) is 42.5 Å². The summed E-state index contributed by atoms with van der Waals surface area (Å²) < 4.78 is 0. The van der Waals surface area contributed by atoms with Crippen LogP contribution in [0.1, 0.15) is 0 Å². The fourth-order valence-electron chi connectivity index (χ4n) is 1.39. The smallest absolute Gasteiger partial charge is 0.308 e. The van der Waals surface area contributed by atoms with Crippen molar-refractivity contribution in [1.29, 1.82) is 0 Å². The lowest BCUT2D eigenvalue weighted by atomic mass is 10.3. The third-order valence-electron chi connectivity index (χ3n) is 2.32. The van der Waals surface area contributed by atoms with Gasteiger partial charge in [0.15, 0.2) is 0 Å². The first-order valence-corrected chi connectivity index (χ1v) is 5.28. The molecule has 0 saturated heterocycles. The van der Waals surface area contributed by atoms with Crippen LogP contribution >= 0.6 is 0 Å².